The summed E-state index contributed by atoms with van der Waals surface area (Å²) in [6.45, 7) is 1.38. The highest BCUT2D eigenvalue weighted by atomic mass is 16.5. The number of benzene rings is 1. The summed E-state index contributed by atoms with van der Waals surface area (Å²) in [6.07, 6.45) is 8.89. The number of amides is 1. The summed E-state index contributed by atoms with van der Waals surface area (Å²) in [7, 11) is 1.91. The molecular formula is C19H25N3O2. The van der Waals surface area contributed by atoms with Gasteiger partial charge in [0.1, 0.15) is 5.75 Å². The Hall–Kier alpha value is -2.30. The van der Waals surface area contributed by atoms with Gasteiger partial charge in [0.2, 0.25) is 5.91 Å². The molecule has 0 aliphatic heterocycles. The Labute approximate surface area is 143 Å². The van der Waals surface area contributed by atoms with Crippen molar-refractivity contribution in [1.82, 2.24) is 15.1 Å². The van der Waals surface area contributed by atoms with Gasteiger partial charge in [0, 0.05) is 31.8 Å². The topological polar surface area (TPSA) is 56.1 Å². The van der Waals surface area contributed by atoms with Gasteiger partial charge >= 0.3 is 0 Å². The van der Waals surface area contributed by atoms with Gasteiger partial charge in [-0.2, -0.15) is 5.10 Å². The minimum atomic E-state index is 0.131. The van der Waals surface area contributed by atoms with E-state index in [0.717, 1.165) is 42.2 Å². The first-order chi connectivity index (χ1) is 11.7. The number of carbonyl (C=O) groups excluding carboxylic acids is 1. The van der Waals surface area contributed by atoms with Crippen LogP contribution in [-0.4, -0.2) is 28.8 Å². The van der Waals surface area contributed by atoms with Crippen LogP contribution in [0.4, 0.5) is 0 Å². The van der Waals surface area contributed by atoms with Crippen molar-refractivity contribution >= 4 is 5.91 Å². The van der Waals surface area contributed by atoms with E-state index in [2.05, 4.69) is 10.4 Å². The van der Waals surface area contributed by atoms with Crippen LogP contribution in [0.2, 0.25) is 0 Å². The van der Waals surface area contributed by atoms with E-state index < -0.39 is 0 Å². The largest absolute Gasteiger partial charge is 0.494 e. The first-order valence-corrected chi connectivity index (χ1v) is 8.69. The quantitative estimate of drug-likeness (QED) is 0.720. The molecule has 128 valence electrons. The van der Waals surface area contributed by atoms with Gasteiger partial charge < -0.3 is 10.1 Å². The molecule has 0 radical (unpaired) electrons. The standard InChI is InChI=1S/C19H25N3O2/c1-22-14-17(13-21-22)16-6-8-18(9-7-16)24-12-2-3-19(23)20-11-10-15-4-5-15/h6-9,13-15H,2-5,10-12H2,1H3,(H,20,23). The number of nitrogens with one attached hydrogen (secondary N) is 1. The third-order valence-electron chi connectivity index (χ3n) is 4.28. The Morgan fingerprint density at radius 3 is 2.75 bits per heavy atom. The Bertz CT molecular complexity index is 660. The summed E-state index contributed by atoms with van der Waals surface area (Å²) >= 11 is 0. The summed E-state index contributed by atoms with van der Waals surface area (Å²) in [5, 5.41) is 7.15. The molecule has 3 rings (SSSR count). The van der Waals surface area contributed by atoms with Crippen molar-refractivity contribution in [1.29, 1.82) is 0 Å². The van der Waals surface area contributed by atoms with Crippen LogP contribution in [0, 0.1) is 5.92 Å². The molecule has 1 aromatic heterocycles. The molecular weight excluding hydrogens is 302 g/mol. The average Bonchev–Trinajstić information content (AvgIpc) is 3.31. The zero-order valence-electron chi connectivity index (χ0n) is 14.2. The molecule has 0 atom stereocenters. The number of rotatable bonds is 9. The lowest BCUT2D eigenvalue weighted by Gasteiger charge is -2.07. The van der Waals surface area contributed by atoms with E-state index in [1.165, 1.54) is 12.8 Å². The number of aryl methyl sites for hydroxylation is 1. The smallest absolute Gasteiger partial charge is 0.220 e. The molecule has 0 unspecified atom stereocenters. The van der Waals surface area contributed by atoms with Crippen LogP contribution in [0.15, 0.2) is 36.7 Å². The van der Waals surface area contributed by atoms with Crippen LogP contribution in [-0.2, 0) is 11.8 Å². The van der Waals surface area contributed by atoms with Crippen LogP contribution < -0.4 is 10.1 Å². The highest BCUT2D eigenvalue weighted by molar-refractivity contribution is 5.75. The third kappa shape index (κ3) is 5.11. The van der Waals surface area contributed by atoms with E-state index in [-0.39, 0.29) is 5.91 Å². The highest BCUT2D eigenvalue weighted by Gasteiger charge is 2.20. The average molecular weight is 327 g/mol. The van der Waals surface area contributed by atoms with Crippen LogP contribution in [0.3, 0.4) is 0 Å². The number of hydrogen-bond donors (Lipinski definition) is 1. The van der Waals surface area contributed by atoms with Gasteiger partial charge in [0.15, 0.2) is 0 Å². The first kappa shape index (κ1) is 16.6. The van der Waals surface area contributed by atoms with Crippen molar-refractivity contribution in [3.8, 4) is 16.9 Å². The normalized spacial score (nSPS) is 13.7. The van der Waals surface area contributed by atoms with Gasteiger partial charge in [-0.15, -0.1) is 0 Å². The summed E-state index contributed by atoms with van der Waals surface area (Å²) < 4.78 is 7.49. The number of carbonyl (C=O) groups is 1. The lowest BCUT2D eigenvalue weighted by molar-refractivity contribution is -0.121. The van der Waals surface area contributed by atoms with E-state index in [4.69, 9.17) is 4.74 Å². The zero-order chi connectivity index (χ0) is 16.8. The predicted molar refractivity (Wildman–Crippen MR) is 93.7 cm³/mol. The van der Waals surface area contributed by atoms with Crippen molar-refractivity contribution in [3.63, 3.8) is 0 Å². The van der Waals surface area contributed by atoms with E-state index in [0.29, 0.717) is 13.0 Å². The summed E-state index contributed by atoms with van der Waals surface area (Å²) in [6, 6.07) is 7.96. The SMILES string of the molecule is Cn1cc(-c2ccc(OCCCC(=O)NCCC3CC3)cc2)cn1. The molecule has 1 N–H and O–H groups in total. The molecule has 1 aliphatic carbocycles. The lowest BCUT2D eigenvalue weighted by atomic mass is 10.1. The Kier molecular flexibility index (Phi) is 5.51. The number of nitrogens with zero attached hydrogens (tertiary/aromatic N) is 2. The zero-order valence-corrected chi connectivity index (χ0v) is 14.2. The number of hydrogen-bond acceptors (Lipinski definition) is 3. The maximum Gasteiger partial charge on any atom is 0.220 e. The van der Waals surface area contributed by atoms with Crippen LogP contribution in [0.5, 0.6) is 5.75 Å². The predicted octanol–water partition coefficient (Wildman–Crippen LogP) is 3.16. The van der Waals surface area contributed by atoms with Gasteiger partial charge in [-0.1, -0.05) is 25.0 Å². The molecule has 5 heteroatoms. The second-order valence-electron chi connectivity index (χ2n) is 6.46. The summed E-state index contributed by atoms with van der Waals surface area (Å²) in [5.74, 6) is 1.83. The monoisotopic (exact) mass is 327 g/mol. The van der Waals surface area contributed by atoms with Gasteiger partial charge in [-0.05, 0) is 36.5 Å². The van der Waals surface area contributed by atoms with Gasteiger partial charge in [-0.25, -0.2) is 0 Å². The van der Waals surface area contributed by atoms with Gasteiger partial charge in [0.25, 0.3) is 0 Å². The fraction of sp³-hybridized carbons (Fsp3) is 0.474. The summed E-state index contributed by atoms with van der Waals surface area (Å²) in [5.41, 5.74) is 2.21. The molecule has 0 spiro atoms. The Balaban J connectivity index is 1.33. The van der Waals surface area contributed by atoms with Crippen LogP contribution in [0.1, 0.15) is 32.1 Å². The highest BCUT2D eigenvalue weighted by Crippen LogP contribution is 2.31. The molecule has 1 amide bonds. The maximum absolute atomic E-state index is 11.7. The maximum atomic E-state index is 11.7. The molecule has 5 nitrogen and oxygen atoms in total. The minimum absolute atomic E-state index is 0.131. The molecule has 1 saturated carbocycles. The van der Waals surface area contributed by atoms with E-state index >= 15 is 0 Å². The fourth-order valence-electron chi connectivity index (χ4n) is 2.65. The minimum Gasteiger partial charge on any atom is -0.494 e. The van der Waals surface area contributed by atoms with Crippen molar-refractivity contribution in [2.45, 2.75) is 32.1 Å². The number of ether oxygens (including phenoxy) is 1. The molecule has 1 heterocycles. The Morgan fingerprint density at radius 1 is 1.29 bits per heavy atom. The summed E-state index contributed by atoms with van der Waals surface area (Å²) in [4.78, 5) is 11.7. The second kappa shape index (κ2) is 7.99. The molecule has 1 aliphatic rings. The molecule has 0 bridgehead atoms. The van der Waals surface area contributed by atoms with E-state index in [9.17, 15) is 4.79 Å². The fourth-order valence-corrected chi connectivity index (χ4v) is 2.65. The van der Waals surface area contributed by atoms with Crippen LogP contribution in [0.25, 0.3) is 11.1 Å². The van der Waals surface area contributed by atoms with Crippen molar-refractivity contribution in [2.24, 2.45) is 13.0 Å². The van der Waals surface area contributed by atoms with Crippen molar-refractivity contribution < 1.29 is 9.53 Å². The second-order valence-corrected chi connectivity index (χ2v) is 6.46. The molecule has 24 heavy (non-hydrogen) atoms. The third-order valence-corrected chi connectivity index (χ3v) is 4.28. The Morgan fingerprint density at radius 2 is 2.08 bits per heavy atom. The van der Waals surface area contributed by atoms with Gasteiger partial charge in [0.05, 0.1) is 12.8 Å². The van der Waals surface area contributed by atoms with E-state index in [1.54, 1.807) is 4.68 Å². The van der Waals surface area contributed by atoms with Crippen molar-refractivity contribution in [3.05, 3.63) is 36.7 Å². The first-order valence-electron chi connectivity index (χ1n) is 8.69. The van der Waals surface area contributed by atoms with Gasteiger partial charge in [-0.3, -0.25) is 9.48 Å². The van der Waals surface area contributed by atoms with Crippen LogP contribution >= 0.6 is 0 Å². The molecule has 2 aromatic rings. The van der Waals surface area contributed by atoms with Crippen molar-refractivity contribution in [2.75, 3.05) is 13.2 Å². The molecule has 0 saturated heterocycles. The molecule has 1 aromatic carbocycles. The lowest BCUT2D eigenvalue weighted by Crippen LogP contribution is -2.24. The molecule has 1 fully saturated rings. The van der Waals surface area contributed by atoms with E-state index in [1.807, 2.05) is 43.7 Å². The number of aromatic nitrogens is 2.